The van der Waals surface area contributed by atoms with E-state index in [4.69, 9.17) is 9.47 Å². The van der Waals surface area contributed by atoms with Gasteiger partial charge in [0, 0.05) is 51.9 Å². The van der Waals surface area contributed by atoms with Crippen LogP contribution in [0.2, 0.25) is 0 Å². The molecule has 0 spiro atoms. The number of hydrogen-bond donors (Lipinski definition) is 2. The lowest BCUT2D eigenvalue weighted by atomic mass is 9.93. The molecule has 2 N–H and O–H groups in total. The first-order valence-corrected chi connectivity index (χ1v) is 10.3. The summed E-state index contributed by atoms with van der Waals surface area (Å²) >= 11 is 0. The Bertz CT molecular complexity index is 659. The van der Waals surface area contributed by atoms with Crippen molar-refractivity contribution in [1.82, 2.24) is 20.4 Å². The first-order valence-electron chi connectivity index (χ1n) is 10.3. The molecule has 0 bridgehead atoms. The van der Waals surface area contributed by atoms with Crippen molar-refractivity contribution in [1.29, 1.82) is 0 Å². The van der Waals surface area contributed by atoms with Crippen molar-refractivity contribution in [3.63, 3.8) is 0 Å². The maximum absolute atomic E-state index is 5.39. The lowest BCUT2D eigenvalue weighted by Crippen LogP contribution is -2.48. The van der Waals surface area contributed by atoms with Crippen LogP contribution in [0.3, 0.4) is 0 Å². The molecule has 0 amide bonds. The quantitative estimate of drug-likeness (QED) is 0.289. The Hall–Kier alpha value is -1.26. The molecule has 1 saturated heterocycles. The lowest BCUT2D eigenvalue weighted by Gasteiger charge is -2.29. The predicted octanol–water partition coefficient (Wildman–Crippen LogP) is 2.65. The zero-order valence-corrected chi connectivity index (χ0v) is 21.9. The summed E-state index contributed by atoms with van der Waals surface area (Å²) in [5, 5.41) is 7.08. The molecule has 1 fully saturated rings. The number of aliphatic imine (C=N–C) groups is 1. The minimum Gasteiger partial charge on any atom is -0.497 e. The predicted molar refractivity (Wildman–Crippen MR) is 135 cm³/mol. The smallest absolute Gasteiger partial charge is 0.191 e. The molecule has 0 aromatic heterocycles. The molecular weight excluding hydrogens is 493 g/mol. The zero-order valence-electron chi connectivity index (χ0n) is 19.6. The summed E-state index contributed by atoms with van der Waals surface area (Å²) in [6, 6.07) is 6.46. The third kappa shape index (κ3) is 8.85. The van der Waals surface area contributed by atoms with Crippen molar-refractivity contribution in [2.24, 2.45) is 10.4 Å². The molecule has 8 heteroatoms. The second kappa shape index (κ2) is 12.6. The molecule has 30 heavy (non-hydrogen) atoms. The summed E-state index contributed by atoms with van der Waals surface area (Å²) in [7, 11) is 9.43. The van der Waals surface area contributed by atoms with Crippen molar-refractivity contribution < 1.29 is 9.47 Å². The molecule has 1 aliphatic rings. The van der Waals surface area contributed by atoms with E-state index in [0.717, 1.165) is 56.6 Å². The number of methoxy groups -OCH3 is 2. The second-order valence-corrected chi connectivity index (χ2v) is 8.91. The van der Waals surface area contributed by atoms with Crippen LogP contribution in [0, 0.1) is 5.41 Å². The first-order chi connectivity index (χ1) is 13.7. The Kier molecular flexibility index (Phi) is 11.2. The highest BCUT2D eigenvalue weighted by Crippen LogP contribution is 2.24. The van der Waals surface area contributed by atoms with Crippen LogP contribution in [0.15, 0.2) is 23.2 Å². The number of hydrogen-bond acceptors (Lipinski definition) is 5. The first kappa shape index (κ1) is 26.8. The molecule has 0 radical (unpaired) electrons. The van der Waals surface area contributed by atoms with Crippen molar-refractivity contribution in [3.8, 4) is 11.5 Å². The molecule has 2 rings (SSSR count). The van der Waals surface area contributed by atoms with Crippen molar-refractivity contribution in [2.75, 3.05) is 61.5 Å². The maximum atomic E-state index is 5.39. The zero-order chi connectivity index (χ0) is 21.4. The number of ether oxygens (including phenoxy) is 2. The van der Waals surface area contributed by atoms with Gasteiger partial charge in [0.05, 0.1) is 14.2 Å². The molecule has 1 atom stereocenters. The highest BCUT2D eigenvalue weighted by molar-refractivity contribution is 14.0. The standard InChI is InChI=1S/C22H39N5O2.HI/c1-22(2,16-26(4)5)15-24-21(23-3)25-18-8-9-27(14-18)13-17-10-19(28-6)12-20(11-17)29-7;/h10-12,18H,8-9,13-16H2,1-7H3,(H2,23,24,25);1H. The molecule has 1 heterocycles. The molecule has 1 aromatic rings. The average Bonchev–Trinajstić information content (AvgIpc) is 3.10. The SMILES string of the molecule is CN=C(NCC(C)(C)CN(C)C)NC1CCN(Cc2cc(OC)cc(OC)c2)C1.I. The highest BCUT2D eigenvalue weighted by atomic mass is 127. The minimum absolute atomic E-state index is 0. The Morgan fingerprint density at radius 1 is 1.20 bits per heavy atom. The van der Waals surface area contributed by atoms with Crippen LogP contribution in [0.25, 0.3) is 0 Å². The minimum atomic E-state index is 0. The normalized spacial score (nSPS) is 17.6. The fourth-order valence-electron chi connectivity index (χ4n) is 3.93. The van der Waals surface area contributed by atoms with Crippen LogP contribution < -0.4 is 20.1 Å². The summed E-state index contributed by atoms with van der Waals surface area (Å²) in [5.74, 6) is 2.54. The van der Waals surface area contributed by atoms with E-state index in [-0.39, 0.29) is 29.4 Å². The summed E-state index contributed by atoms with van der Waals surface area (Å²) in [6.45, 7) is 9.37. The number of nitrogens with zero attached hydrogens (tertiary/aromatic N) is 3. The molecule has 0 saturated carbocycles. The van der Waals surface area contributed by atoms with E-state index < -0.39 is 0 Å². The highest BCUT2D eigenvalue weighted by Gasteiger charge is 2.25. The van der Waals surface area contributed by atoms with E-state index >= 15 is 0 Å². The van der Waals surface area contributed by atoms with Crippen molar-refractivity contribution >= 4 is 29.9 Å². The topological polar surface area (TPSA) is 61.4 Å². The Morgan fingerprint density at radius 2 is 1.83 bits per heavy atom. The average molecular weight is 533 g/mol. The monoisotopic (exact) mass is 533 g/mol. The second-order valence-electron chi connectivity index (χ2n) is 8.91. The number of rotatable bonds is 9. The van der Waals surface area contributed by atoms with E-state index in [1.165, 1.54) is 5.56 Å². The van der Waals surface area contributed by atoms with Gasteiger partial charge in [0.1, 0.15) is 11.5 Å². The van der Waals surface area contributed by atoms with Crippen molar-refractivity contribution in [2.45, 2.75) is 32.9 Å². The molecule has 0 aliphatic carbocycles. The number of guanidine groups is 1. The van der Waals surface area contributed by atoms with Gasteiger partial charge in [0.2, 0.25) is 0 Å². The van der Waals surface area contributed by atoms with Gasteiger partial charge in [0.15, 0.2) is 5.96 Å². The van der Waals surface area contributed by atoms with Crippen molar-refractivity contribution in [3.05, 3.63) is 23.8 Å². The van der Waals surface area contributed by atoms with E-state index in [0.29, 0.717) is 6.04 Å². The summed E-state index contributed by atoms with van der Waals surface area (Å²) in [6.07, 6.45) is 1.10. The molecule has 172 valence electrons. The largest absolute Gasteiger partial charge is 0.497 e. The van der Waals surface area contributed by atoms with E-state index in [9.17, 15) is 0 Å². The lowest BCUT2D eigenvalue weighted by molar-refractivity contribution is 0.240. The van der Waals surface area contributed by atoms with Gasteiger partial charge in [-0.3, -0.25) is 9.89 Å². The van der Waals surface area contributed by atoms with E-state index in [1.807, 2.05) is 13.1 Å². The maximum Gasteiger partial charge on any atom is 0.191 e. The number of halogens is 1. The Labute approximate surface area is 199 Å². The molecule has 1 unspecified atom stereocenters. The van der Waals surface area contributed by atoms with Gasteiger partial charge in [-0.25, -0.2) is 0 Å². The fourth-order valence-corrected chi connectivity index (χ4v) is 3.93. The third-order valence-corrected chi connectivity index (χ3v) is 5.13. The molecular formula is C22H40IN5O2. The Balaban J connectivity index is 0.00000450. The Morgan fingerprint density at radius 3 is 2.37 bits per heavy atom. The number of likely N-dealkylation sites (tertiary alicyclic amines) is 1. The van der Waals surface area contributed by atoms with Gasteiger partial charge >= 0.3 is 0 Å². The van der Waals surface area contributed by atoms with Gasteiger partial charge in [-0.2, -0.15) is 0 Å². The van der Waals surface area contributed by atoms with Crippen LogP contribution in [0.5, 0.6) is 11.5 Å². The fraction of sp³-hybridized carbons (Fsp3) is 0.682. The van der Waals surface area contributed by atoms with Crippen LogP contribution in [-0.4, -0.2) is 83.3 Å². The van der Waals surface area contributed by atoms with Crippen LogP contribution in [-0.2, 0) is 6.54 Å². The van der Waals surface area contributed by atoms with Gasteiger partial charge in [-0.05, 0) is 43.6 Å². The van der Waals surface area contributed by atoms with Gasteiger partial charge in [0.25, 0.3) is 0 Å². The summed E-state index contributed by atoms with van der Waals surface area (Å²) < 4.78 is 10.8. The molecule has 7 nitrogen and oxygen atoms in total. The summed E-state index contributed by atoms with van der Waals surface area (Å²) in [5.41, 5.74) is 1.38. The number of benzene rings is 1. The van der Waals surface area contributed by atoms with Gasteiger partial charge in [-0.15, -0.1) is 24.0 Å². The van der Waals surface area contributed by atoms with Crippen LogP contribution >= 0.6 is 24.0 Å². The van der Waals surface area contributed by atoms with E-state index in [2.05, 4.69) is 65.5 Å². The van der Waals surface area contributed by atoms with Crippen LogP contribution in [0.4, 0.5) is 0 Å². The summed E-state index contributed by atoms with van der Waals surface area (Å²) in [4.78, 5) is 9.09. The van der Waals surface area contributed by atoms with Crippen LogP contribution in [0.1, 0.15) is 25.8 Å². The number of nitrogens with one attached hydrogen (secondary N) is 2. The van der Waals surface area contributed by atoms with Gasteiger partial charge < -0.3 is 25.0 Å². The third-order valence-electron chi connectivity index (χ3n) is 5.13. The molecule has 1 aliphatic heterocycles. The van der Waals surface area contributed by atoms with Gasteiger partial charge in [-0.1, -0.05) is 13.8 Å². The van der Waals surface area contributed by atoms with E-state index in [1.54, 1.807) is 14.2 Å². The molecule has 1 aromatic carbocycles.